The molecule has 18 heavy (non-hydrogen) atoms. The lowest BCUT2D eigenvalue weighted by molar-refractivity contribution is -0.117. The Labute approximate surface area is 104 Å². The molecule has 2 N–H and O–H groups in total. The van der Waals surface area contributed by atoms with Crippen LogP contribution in [0.1, 0.15) is 12.5 Å². The second kappa shape index (κ2) is 6.40. The van der Waals surface area contributed by atoms with E-state index in [0.29, 0.717) is 13.0 Å². The van der Waals surface area contributed by atoms with Crippen molar-refractivity contribution < 1.29 is 14.3 Å². The van der Waals surface area contributed by atoms with Crippen LogP contribution in [0.4, 0.5) is 4.39 Å². The van der Waals surface area contributed by atoms with Gasteiger partial charge in [0.25, 0.3) is 5.91 Å². The third-order valence-electron chi connectivity index (χ3n) is 2.31. The lowest BCUT2D eigenvalue weighted by Gasteiger charge is -2.05. The normalized spacial score (nSPS) is 11.4. The van der Waals surface area contributed by atoms with Gasteiger partial charge in [0.05, 0.1) is 0 Å². The van der Waals surface area contributed by atoms with Crippen LogP contribution in [0.15, 0.2) is 35.6 Å². The van der Waals surface area contributed by atoms with Crippen LogP contribution in [0.3, 0.4) is 0 Å². The summed E-state index contributed by atoms with van der Waals surface area (Å²) < 4.78 is 12.6. The number of carbonyl (C=O) groups is 1. The van der Waals surface area contributed by atoms with Gasteiger partial charge in [0.1, 0.15) is 17.6 Å². The van der Waals surface area contributed by atoms with Crippen LogP contribution in [-0.4, -0.2) is 17.6 Å². The zero-order valence-electron chi connectivity index (χ0n) is 9.90. The molecule has 0 aromatic heterocycles. The van der Waals surface area contributed by atoms with Gasteiger partial charge in [0.15, 0.2) is 5.57 Å². The average Bonchev–Trinajstić information content (AvgIpc) is 2.32. The number of amides is 1. The van der Waals surface area contributed by atoms with Gasteiger partial charge >= 0.3 is 0 Å². The molecule has 1 aromatic carbocycles. The third kappa shape index (κ3) is 3.91. The molecule has 0 aliphatic carbocycles. The molecule has 0 unspecified atom stereocenters. The Hall–Kier alpha value is -2.35. The number of allylic oxidation sites excluding steroid dienone is 1. The fourth-order valence-corrected chi connectivity index (χ4v) is 1.36. The highest BCUT2D eigenvalue weighted by Crippen LogP contribution is 2.03. The summed E-state index contributed by atoms with van der Waals surface area (Å²) in [4.78, 5) is 11.4. The number of halogens is 1. The summed E-state index contributed by atoms with van der Waals surface area (Å²) in [5.41, 5.74) is 0.578. The van der Waals surface area contributed by atoms with Crippen LogP contribution in [0.5, 0.6) is 0 Å². The number of nitrogens with zero attached hydrogens (tertiary/aromatic N) is 1. The van der Waals surface area contributed by atoms with Crippen LogP contribution < -0.4 is 5.32 Å². The van der Waals surface area contributed by atoms with Crippen LogP contribution in [0.25, 0.3) is 0 Å². The van der Waals surface area contributed by atoms with E-state index in [1.54, 1.807) is 18.2 Å². The zero-order valence-corrected chi connectivity index (χ0v) is 9.90. The largest absolute Gasteiger partial charge is 0.511 e. The molecule has 0 spiro atoms. The predicted octanol–water partition coefficient (Wildman–Crippen LogP) is 1.84. The van der Waals surface area contributed by atoms with Crippen molar-refractivity contribution >= 4 is 5.91 Å². The van der Waals surface area contributed by atoms with Crippen molar-refractivity contribution in [1.82, 2.24) is 5.32 Å². The fourth-order valence-electron chi connectivity index (χ4n) is 1.36. The Morgan fingerprint density at radius 2 is 2.06 bits per heavy atom. The van der Waals surface area contributed by atoms with Gasteiger partial charge in [-0.25, -0.2) is 4.39 Å². The maximum atomic E-state index is 12.6. The van der Waals surface area contributed by atoms with Crippen molar-refractivity contribution in [1.29, 1.82) is 5.26 Å². The Morgan fingerprint density at radius 1 is 1.44 bits per heavy atom. The number of hydrogen-bond donors (Lipinski definition) is 2. The molecule has 0 heterocycles. The molecule has 94 valence electrons. The molecular weight excluding hydrogens is 235 g/mol. The predicted molar refractivity (Wildman–Crippen MR) is 64.1 cm³/mol. The number of aliphatic hydroxyl groups is 1. The fraction of sp³-hybridized carbons (Fsp3) is 0.231. The molecule has 4 nitrogen and oxygen atoms in total. The van der Waals surface area contributed by atoms with E-state index in [-0.39, 0.29) is 17.1 Å². The van der Waals surface area contributed by atoms with Gasteiger partial charge in [0.2, 0.25) is 0 Å². The van der Waals surface area contributed by atoms with E-state index in [0.717, 1.165) is 5.56 Å². The minimum atomic E-state index is -0.611. The lowest BCUT2D eigenvalue weighted by Crippen LogP contribution is -2.27. The van der Waals surface area contributed by atoms with E-state index >= 15 is 0 Å². The number of nitrogens with one attached hydrogen (secondary N) is 1. The number of rotatable bonds is 4. The highest BCUT2D eigenvalue weighted by atomic mass is 19.1. The maximum Gasteiger partial charge on any atom is 0.265 e. The van der Waals surface area contributed by atoms with Crippen molar-refractivity contribution in [2.75, 3.05) is 6.54 Å². The number of nitriles is 1. The molecule has 0 saturated heterocycles. The van der Waals surface area contributed by atoms with E-state index in [4.69, 9.17) is 10.4 Å². The summed E-state index contributed by atoms with van der Waals surface area (Å²) in [6.45, 7) is 1.58. The van der Waals surface area contributed by atoms with Gasteiger partial charge in [-0.3, -0.25) is 4.79 Å². The highest BCUT2D eigenvalue weighted by Gasteiger charge is 2.11. The number of aliphatic hydroxyl groups excluding tert-OH is 1. The van der Waals surface area contributed by atoms with Gasteiger partial charge in [-0.15, -0.1) is 0 Å². The number of hydrogen-bond acceptors (Lipinski definition) is 3. The van der Waals surface area contributed by atoms with Crippen LogP contribution in [0, 0.1) is 17.1 Å². The van der Waals surface area contributed by atoms with Gasteiger partial charge in [-0.1, -0.05) is 12.1 Å². The van der Waals surface area contributed by atoms with E-state index in [1.807, 2.05) is 0 Å². The smallest absolute Gasteiger partial charge is 0.265 e. The molecule has 1 aromatic rings. The molecule has 0 atom stereocenters. The van der Waals surface area contributed by atoms with E-state index in [9.17, 15) is 9.18 Å². The Balaban J connectivity index is 2.48. The van der Waals surface area contributed by atoms with Crippen molar-refractivity contribution in [2.24, 2.45) is 0 Å². The van der Waals surface area contributed by atoms with Crippen LogP contribution >= 0.6 is 0 Å². The lowest BCUT2D eigenvalue weighted by atomic mass is 10.1. The van der Waals surface area contributed by atoms with Crippen molar-refractivity contribution in [3.8, 4) is 6.07 Å². The molecule has 0 radical (unpaired) electrons. The average molecular weight is 248 g/mol. The minimum absolute atomic E-state index is 0.297. The second-order valence-electron chi connectivity index (χ2n) is 3.70. The molecule has 0 aliphatic heterocycles. The molecular formula is C13H13FN2O2. The number of carbonyl (C=O) groups excluding carboxylic acids is 1. The first-order chi connectivity index (χ1) is 8.54. The zero-order chi connectivity index (χ0) is 13.5. The summed E-state index contributed by atoms with van der Waals surface area (Å²) in [6.07, 6.45) is 0.523. The van der Waals surface area contributed by atoms with Crippen LogP contribution in [0.2, 0.25) is 0 Å². The van der Waals surface area contributed by atoms with E-state index in [1.165, 1.54) is 19.1 Å². The minimum Gasteiger partial charge on any atom is -0.511 e. The number of benzene rings is 1. The second-order valence-corrected chi connectivity index (χ2v) is 3.70. The quantitative estimate of drug-likeness (QED) is 0.485. The van der Waals surface area contributed by atoms with E-state index < -0.39 is 5.91 Å². The topological polar surface area (TPSA) is 73.1 Å². The van der Waals surface area contributed by atoms with Gasteiger partial charge in [-0.05, 0) is 31.0 Å². The van der Waals surface area contributed by atoms with Gasteiger partial charge < -0.3 is 10.4 Å². The third-order valence-corrected chi connectivity index (χ3v) is 2.31. The summed E-state index contributed by atoms with van der Waals surface area (Å²) in [7, 11) is 0. The van der Waals surface area contributed by atoms with Crippen molar-refractivity contribution in [3.63, 3.8) is 0 Å². The van der Waals surface area contributed by atoms with Crippen molar-refractivity contribution in [3.05, 3.63) is 47.0 Å². The van der Waals surface area contributed by atoms with Gasteiger partial charge in [0, 0.05) is 6.54 Å². The maximum absolute atomic E-state index is 12.6. The summed E-state index contributed by atoms with van der Waals surface area (Å²) in [6, 6.07) is 7.56. The highest BCUT2D eigenvalue weighted by molar-refractivity contribution is 5.97. The van der Waals surface area contributed by atoms with Gasteiger partial charge in [-0.2, -0.15) is 5.26 Å². The molecule has 0 bridgehead atoms. The van der Waals surface area contributed by atoms with Crippen LogP contribution in [-0.2, 0) is 11.2 Å². The Morgan fingerprint density at radius 3 is 2.56 bits per heavy atom. The van der Waals surface area contributed by atoms with E-state index in [2.05, 4.69) is 5.32 Å². The van der Waals surface area contributed by atoms with Crippen molar-refractivity contribution in [2.45, 2.75) is 13.3 Å². The molecule has 1 amide bonds. The Kier molecular flexibility index (Phi) is 4.88. The molecule has 0 saturated carbocycles. The molecule has 0 aliphatic rings. The first-order valence-electron chi connectivity index (χ1n) is 5.37. The standard InChI is InChI=1S/C13H13FN2O2/c1-9(17)12(8-15)13(18)16-7-6-10-2-4-11(14)5-3-10/h2-5,17H,6-7H2,1H3,(H,16,18). The molecule has 1 rings (SSSR count). The summed E-state index contributed by atoms with van der Waals surface area (Å²) in [5, 5.41) is 20.2. The first-order valence-corrected chi connectivity index (χ1v) is 5.37. The monoisotopic (exact) mass is 248 g/mol. The SMILES string of the molecule is CC(O)=C(C#N)C(=O)NCCc1ccc(F)cc1. The molecule has 5 heteroatoms. The summed E-state index contributed by atoms with van der Waals surface area (Å²) in [5.74, 6) is -1.23. The Bertz CT molecular complexity index is 497. The summed E-state index contributed by atoms with van der Waals surface area (Å²) >= 11 is 0. The first kappa shape index (κ1) is 13.7. The molecule has 0 fully saturated rings.